The highest BCUT2D eigenvalue weighted by atomic mass is 16.5. The fourth-order valence-corrected chi connectivity index (χ4v) is 1.51. The van der Waals surface area contributed by atoms with E-state index in [1.165, 1.54) is 5.01 Å². The van der Waals surface area contributed by atoms with Gasteiger partial charge in [0.1, 0.15) is 0 Å². The topological polar surface area (TPSA) is 59.0 Å². The molecule has 0 amide bonds. The van der Waals surface area contributed by atoms with Gasteiger partial charge in [0.25, 0.3) is 0 Å². The van der Waals surface area contributed by atoms with Gasteiger partial charge in [0.05, 0.1) is 23.1 Å². The van der Waals surface area contributed by atoms with Crippen LogP contribution in [-0.2, 0) is 4.74 Å². The van der Waals surface area contributed by atoms with E-state index in [0.717, 1.165) is 12.8 Å². The first-order valence-corrected chi connectivity index (χ1v) is 6.10. The molecule has 0 saturated heterocycles. The van der Waals surface area contributed by atoms with E-state index in [9.17, 15) is 9.70 Å². The van der Waals surface area contributed by atoms with Crippen LogP contribution in [0.4, 0.5) is 5.69 Å². The van der Waals surface area contributed by atoms with Gasteiger partial charge < -0.3 is 4.74 Å². The average molecular weight is 250 g/mol. The molecule has 0 aliphatic heterocycles. The van der Waals surface area contributed by atoms with Gasteiger partial charge in [-0.1, -0.05) is 13.3 Å². The molecule has 0 saturated carbocycles. The zero-order valence-electron chi connectivity index (χ0n) is 10.8. The lowest BCUT2D eigenvalue weighted by molar-refractivity contribution is 0.0526. The van der Waals surface area contributed by atoms with Gasteiger partial charge in [-0.2, -0.15) is 0 Å². The van der Waals surface area contributed by atoms with Gasteiger partial charge in [0.2, 0.25) is 0 Å². The van der Waals surface area contributed by atoms with Crippen molar-refractivity contribution in [1.29, 1.82) is 0 Å². The molecule has 0 fully saturated rings. The van der Waals surface area contributed by atoms with Crippen LogP contribution in [0.1, 0.15) is 37.0 Å². The van der Waals surface area contributed by atoms with Crippen LogP contribution in [0.5, 0.6) is 0 Å². The molecular weight excluding hydrogens is 232 g/mol. The largest absolute Gasteiger partial charge is 0.462 e. The molecule has 0 spiro atoms. The first-order chi connectivity index (χ1) is 8.72. The highest BCUT2D eigenvalue weighted by molar-refractivity contribution is 5.89. The molecule has 0 bridgehead atoms. The second-order valence-electron chi connectivity index (χ2n) is 3.83. The molecular formula is C13H18N2O3. The summed E-state index contributed by atoms with van der Waals surface area (Å²) in [4.78, 5) is 22.2. The monoisotopic (exact) mass is 250 g/mol. The van der Waals surface area contributed by atoms with E-state index in [4.69, 9.17) is 4.74 Å². The Bertz CT molecular complexity index is 390. The number of carbonyl (C=O) groups excluding carboxylic acids is 1. The Kier molecular flexibility index (Phi) is 5.84. The Hall–Kier alpha value is -1.91. The smallest absolute Gasteiger partial charge is 0.338 e. The maximum Gasteiger partial charge on any atom is 0.338 e. The van der Waals surface area contributed by atoms with Crippen molar-refractivity contribution in [2.45, 2.75) is 26.7 Å². The van der Waals surface area contributed by atoms with Crippen LogP contribution in [-0.4, -0.2) is 19.1 Å². The number of ether oxygens (including phenoxy) is 1. The molecule has 1 rings (SSSR count). The fourth-order valence-electron chi connectivity index (χ4n) is 1.51. The summed E-state index contributed by atoms with van der Waals surface area (Å²) in [6, 6.07) is 6.67. The van der Waals surface area contributed by atoms with Crippen molar-refractivity contribution in [2.24, 2.45) is 5.29 Å². The van der Waals surface area contributed by atoms with Crippen molar-refractivity contribution in [3.8, 4) is 0 Å². The summed E-state index contributed by atoms with van der Waals surface area (Å²) in [6.07, 6.45) is 1.89. The van der Waals surface area contributed by atoms with Crippen LogP contribution in [0.2, 0.25) is 0 Å². The number of benzene rings is 1. The highest BCUT2D eigenvalue weighted by Crippen LogP contribution is 2.16. The van der Waals surface area contributed by atoms with Crippen LogP contribution in [0, 0.1) is 4.91 Å². The van der Waals surface area contributed by atoms with Crippen LogP contribution >= 0.6 is 0 Å². The highest BCUT2D eigenvalue weighted by Gasteiger charge is 2.09. The first kappa shape index (κ1) is 14.2. The van der Waals surface area contributed by atoms with E-state index < -0.39 is 0 Å². The number of anilines is 1. The standard InChI is InChI=1S/C13H18N2O3/c1-3-5-10-15(14-17)12-8-6-11(7-9-12)13(16)18-4-2/h6-9H,3-5,10H2,1-2H3. The summed E-state index contributed by atoms with van der Waals surface area (Å²) < 4.78 is 4.88. The third kappa shape index (κ3) is 3.84. The first-order valence-electron chi connectivity index (χ1n) is 6.10. The third-order valence-electron chi connectivity index (χ3n) is 2.50. The molecule has 5 heteroatoms. The molecule has 0 heterocycles. The zero-order chi connectivity index (χ0) is 13.4. The minimum Gasteiger partial charge on any atom is -0.462 e. The number of carbonyl (C=O) groups is 1. The quantitative estimate of drug-likeness (QED) is 0.423. The van der Waals surface area contributed by atoms with Gasteiger partial charge in [-0.05, 0) is 37.6 Å². The molecule has 1 aromatic carbocycles. The number of unbranched alkanes of at least 4 members (excludes halogenated alkanes) is 1. The summed E-state index contributed by atoms with van der Waals surface area (Å²) >= 11 is 0. The SMILES string of the molecule is CCCCN(N=O)c1ccc(C(=O)OCC)cc1. The Morgan fingerprint density at radius 2 is 1.94 bits per heavy atom. The third-order valence-corrected chi connectivity index (χ3v) is 2.50. The van der Waals surface area contributed by atoms with Crippen molar-refractivity contribution in [2.75, 3.05) is 18.2 Å². The van der Waals surface area contributed by atoms with Crippen molar-refractivity contribution in [3.63, 3.8) is 0 Å². The maximum atomic E-state index is 11.4. The molecule has 0 unspecified atom stereocenters. The lowest BCUT2D eigenvalue weighted by Gasteiger charge is -2.14. The Balaban J connectivity index is 2.74. The van der Waals surface area contributed by atoms with Gasteiger partial charge in [0, 0.05) is 6.54 Å². The molecule has 1 aromatic rings. The van der Waals surface area contributed by atoms with Gasteiger partial charge >= 0.3 is 5.97 Å². The number of esters is 1. The Morgan fingerprint density at radius 3 is 2.44 bits per heavy atom. The predicted molar refractivity (Wildman–Crippen MR) is 70.4 cm³/mol. The molecule has 0 N–H and O–H groups in total. The van der Waals surface area contributed by atoms with E-state index in [-0.39, 0.29) is 5.97 Å². The summed E-state index contributed by atoms with van der Waals surface area (Å²) in [7, 11) is 0. The van der Waals surface area contributed by atoms with Gasteiger partial charge in [-0.25, -0.2) is 9.80 Å². The molecule has 0 atom stereocenters. The van der Waals surface area contributed by atoms with E-state index in [1.807, 2.05) is 6.92 Å². The molecule has 0 aliphatic carbocycles. The van der Waals surface area contributed by atoms with Crippen molar-refractivity contribution < 1.29 is 9.53 Å². The zero-order valence-corrected chi connectivity index (χ0v) is 10.8. The van der Waals surface area contributed by atoms with Crippen LogP contribution in [0.3, 0.4) is 0 Å². The van der Waals surface area contributed by atoms with Crippen molar-refractivity contribution >= 4 is 11.7 Å². The van der Waals surface area contributed by atoms with Crippen LogP contribution in [0.25, 0.3) is 0 Å². The normalized spacial score (nSPS) is 9.89. The number of nitroso groups, excluding NO2 is 1. The molecule has 5 nitrogen and oxygen atoms in total. The van der Waals surface area contributed by atoms with Crippen LogP contribution < -0.4 is 5.01 Å². The summed E-state index contributed by atoms with van der Waals surface area (Å²) in [5, 5.41) is 4.36. The van der Waals surface area contributed by atoms with Gasteiger partial charge in [-0.3, -0.25) is 0 Å². The number of nitrogens with zero attached hydrogens (tertiary/aromatic N) is 2. The van der Waals surface area contributed by atoms with Gasteiger partial charge in [-0.15, -0.1) is 4.91 Å². The van der Waals surface area contributed by atoms with Gasteiger partial charge in [0.15, 0.2) is 0 Å². The molecule has 0 aromatic heterocycles. The molecule has 0 aliphatic rings. The summed E-state index contributed by atoms with van der Waals surface area (Å²) in [5.41, 5.74) is 1.16. The second kappa shape index (κ2) is 7.42. The van der Waals surface area contributed by atoms with E-state index in [1.54, 1.807) is 31.2 Å². The molecule has 0 radical (unpaired) electrons. The number of rotatable bonds is 7. The molecule has 18 heavy (non-hydrogen) atoms. The Labute approximate surface area is 107 Å². The number of hydrogen-bond donors (Lipinski definition) is 0. The van der Waals surface area contributed by atoms with Crippen molar-refractivity contribution in [3.05, 3.63) is 34.7 Å². The lowest BCUT2D eigenvalue weighted by atomic mass is 10.2. The lowest BCUT2D eigenvalue weighted by Crippen LogP contribution is -2.16. The minimum absolute atomic E-state index is 0.346. The second-order valence-corrected chi connectivity index (χ2v) is 3.83. The van der Waals surface area contributed by atoms with Crippen LogP contribution in [0.15, 0.2) is 29.6 Å². The minimum atomic E-state index is -0.358. The van der Waals surface area contributed by atoms with E-state index >= 15 is 0 Å². The number of hydrogen-bond acceptors (Lipinski definition) is 4. The predicted octanol–water partition coefficient (Wildman–Crippen LogP) is 3.15. The van der Waals surface area contributed by atoms with Crippen molar-refractivity contribution in [1.82, 2.24) is 0 Å². The average Bonchev–Trinajstić information content (AvgIpc) is 2.40. The Morgan fingerprint density at radius 1 is 1.28 bits per heavy atom. The van der Waals surface area contributed by atoms with E-state index in [0.29, 0.717) is 24.4 Å². The summed E-state index contributed by atoms with van der Waals surface area (Å²) in [5.74, 6) is -0.358. The van der Waals surface area contributed by atoms with E-state index in [2.05, 4.69) is 5.29 Å². The maximum absolute atomic E-state index is 11.4. The molecule has 98 valence electrons. The summed E-state index contributed by atoms with van der Waals surface area (Å²) in [6.45, 7) is 4.74. The fraction of sp³-hybridized carbons (Fsp3) is 0.462.